The fraction of sp³-hybridized carbons (Fsp3) is 0.600. The Morgan fingerprint density at radius 3 is 3.10 bits per heavy atom. The van der Waals surface area contributed by atoms with Crippen molar-refractivity contribution in [1.82, 2.24) is 20.4 Å². The van der Waals surface area contributed by atoms with E-state index >= 15 is 0 Å². The third-order valence-electron chi connectivity index (χ3n) is 5.04. The summed E-state index contributed by atoms with van der Waals surface area (Å²) in [5.41, 5.74) is 0.186. The van der Waals surface area contributed by atoms with Crippen LogP contribution in [0.25, 0.3) is 10.8 Å². The molecule has 2 unspecified atom stereocenters. The van der Waals surface area contributed by atoms with Crippen LogP contribution in [0.3, 0.4) is 0 Å². The minimum absolute atomic E-state index is 0.186. The van der Waals surface area contributed by atoms with Crippen LogP contribution < -0.4 is 5.32 Å². The highest BCUT2D eigenvalue weighted by molar-refractivity contribution is 7.13. The molecule has 2 saturated heterocycles. The van der Waals surface area contributed by atoms with Gasteiger partial charge in [-0.3, -0.25) is 4.90 Å². The zero-order valence-corrected chi connectivity index (χ0v) is 13.2. The molecule has 2 aromatic rings. The molecule has 0 radical (unpaired) electrons. The molecule has 5 nitrogen and oxygen atoms in total. The predicted molar refractivity (Wildman–Crippen MR) is 81.9 cm³/mol. The Balaban J connectivity index is 1.52. The van der Waals surface area contributed by atoms with Crippen LogP contribution in [0.2, 0.25) is 0 Å². The summed E-state index contributed by atoms with van der Waals surface area (Å²) in [4.78, 5) is 3.53. The molecule has 0 spiro atoms. The number of aromatic nitrogens is 2. The zero-order chi connectivity index (χ0) is 14.4. The van der Waals surface area contributed by atoms with Gasteiger partial charge >= 0.3 is 0 Å². The van der Waals surface area contributed by atoms with E-state index in [9.17, 15) is 0 Å². The van der Waals surface area contributed by atoms with Gasteiger partial charge in [-0.25, -0.2) is 0 Å². The van der Waals surface area contributed by atoms with E-state index in [2.05, 4.69) is 34.3 Å². The first kappa shape index (κ1) is 13.4. The van der Waals surface area contributed by atoms with Crippen molar-refractivity contribution in [2.45, 2.75) is 25.9 Å². The van der Waals surface area contributed by atoms with Crippen molar-refractivity contribution < 1.29 is 4.42 Å². The van der Waals surface area contributed by atoms with Crippen LogP contribution in [-0.4, -0.2) is 40.3 Å². The lowest BCUT2D eigenvalue weighted by Crippen LogP contribution is -2.43. The molecule has 21 heavy (non-hydrogen) atoms. The van der Waals surface area contributed by atoms with Crippen LogP contribution in [0.5, 0.6) is 0 Å². The summed E-state index contributed by atoms with van der Waals surface area (Å²) in [5, 5.41) is 13.9. The molecule has 2 aromatic heterocycles. The smallest absolute Gasteiger partial charge is 0.257 e. The Bertz CT molecular complexity index is 621. The summed E-state index contributed by atoms with van der Waals surface area (Å²) in [6.07, 6.45) is 0. The number of fused-ring (bicyclic) bond motifs is 1. The van der Waals surface area contributed by atoms with Gasteiger partial charge in [0.2, 0.25) is 5.89 Å². The molecule has 4 rings (SSSR count). The maximum absolute atomic E-state index is 5.84. The summed E-state index contributed by atoms with van der Waals surface area (Å²) in [6.45, 7) is 8.79. The third kappa shape index (κ3) is 2.22. The molecule has 1 N–H and O–H groups in total. The fourth-order valence-electron chi connectivity index (χ4n) is 3.75. The lowest BCUT2D eigenvalue weighted by molar-refractivity contribution is 0.120. The van der Waals surface area contributed by atoms with Crippen molar-refractivity contribution in [2.75, 3.05) is 19.6 Å². The molecule has 2 aliphatic rings. The van der Waals surface area contributed by atoms with Crippen LogP contribution in [-0.2, 0) is 6.54 Å². The van der Waals surface area contributed by atoms with E-state index in [0.29, 0.717) is 5.89 Å². The first-order chi connectivity index (χ1) is 10.1. The van der Waals surface area contributed by atoms with Gasteiger partial charge in [-0.15, -0.1) is 21.5 Å². The number of hydrogen-bond donors (Lipinski definition) is 1. The molecule has 2 atom stereocenters. The highest BCUT2D eigenvalue weighted by Gasteiger charge is 2.49. The van der Waals surface area contributed by atoms with Gasteiger partial charge in [-0.1, -0.05) is 6.07 Å². The third-order valence-corrected chi connectivity index (χ3v) is 5.90. The fourth-order valence-corrected chi connectivity index (χ4v) is 4.40. The second-order valence-electron chi connectivity index (χ2n) is 6.54. The van der Waals surface area contributed by atoms with Gasteiger partial charge in [0.15, 0.2) is 0 Å². The van der Waals surface area contributed by atoms with Gasteiger partial charge in [-0.05, 0) is 43.7 Å². The zero-order valence-electron chi connectivity index (χ0n) is 12.4. The molecular weight excluding hydrogens is 284 g/mol. The Morgan fingerprint density at radius 1 is 1.43 bits per heavy atom. The van der Waals surface area contributed by atoms with Gasteiger partial charge in [-0.2, -0.15) is 0 Å². The molecule has 0 aromatic carbocycles. The Hall–Kier alpha value is -1.24. The van der Waals surface area contributed by atoms with E-state index in [4.69, 9.17) is 4.42 Å². The average Bonchev–Trinajstić information content (AvgIpc) is 3.20. The van der Waals surface area contributed by atoms with Crippen LogP contribution in [0.4, 0.5) is 0 Å². The molecule has 0 aliphatic carbocycles. The van der Waals surface area contributed by atoms with Gasteiger partial charge in [0.1, 0.15) is 0 Å². The standard InChI is InChI=1S/C15H20N4OS/c1-15(2)11-7-16-6-10(11)8-19(15)9-13-17-18-14(20-13)12-4-3-5-21-12/h3-5,10-11,16H,6-9H2,1-2H3. The summed E-state index contributed by atoms with van der Waals surface area (Å²) in [6, 6.07) is 4.01. The average molecular weight is 304 g/mol. The monoisotopic (exact) mass is 304 g/mol. The van der Waals surface area contributed by atoms with Crippen molar-refractivity contribution in [2.24, 2.45) is 11.8 Å². The SMILES string of the molecule is CC1(C)C2CNCC2CN1Cc1nnc(-c2cccs2)o1. The summed E-state index contributed by atoms with van der Waals surface area (Å²) >= 11 is 1.63. The number of nitrogens with zero attached hydrogens (tertiary/aromatic N) is 3. The van der Waals surface area contributed by atoms with Gasteiger partial charge in [0.05, 0.1) is 11.4 Å². The Morgan fingerprint density at radius 2 is 2.33 bits per heavy atom. The van der Waals surface area contributed by atoms with E-state index in [1.54, 1.807) is 11.3 Å². The van der Waals surface area contributed by atoms with E-state index in [1.807, 2.05) is 17.5 Å². The molecule has 4 heterocycles. The predicted octanol–water partition coefficient (Wildman–Crippen LogP) is 2.23. The maximum Gasteiger partial charge on any atom is 0.257 e. The lowest BCUT2D eigenvalue weighted by Gasteiger charge is -2.34. The van der Waals surface area contributed by atoms with Crippen molar-refractivity contribution in [1.29, 1.82) is 0 Å². The molecule has 0 amide bonds. The molecular formula is C15H20N4OS. The van der Waals surface area contributed by atoms with Gasteiger partial charge < -0.3 is 9.73 Å². The summed E-state index contributed by atoms with van der Waals surface area (Å²) < 4.78 is 5.84. The highest BCUT2D eigenvalue weighted by Crippen LogP contribution is 2.41. The number of thiophene rings is 1. The first-order valence-electron chi connectivity index (χ1n) is 7.46. The van der Waals surface area contributed by atoms with Crippen molar-refractivity contribution in [3.63, 3.8) is 0 Å². The van der Waals surface area contributed by atoms with Gasteiger partial charge in [0, 0.05) is 18.6 Å². The van der Waals surface area contributed by atoms with Crippen LogP contribution in [0.1, 0.15) is 19.7 Å². The summed E-state index contributed by atoms with van der Waals surface area (Å²) in [5.74, 6) is 2.83. The lowest BCUT2D eigenvalue weighted by atomic mass is 9.85. The quantitative estimate of drug-likeness (QED) is 0.942. The van der Waals surface area contributed by atoms with Gasteiger partial charge in [0.25, 0.3) is 5.89 Å². The normalized spacial score (nSPS) is 28.1. The van der Waals surface area contributed by atoms with Crippen molar-refractivity contribution in [3.8, 4) is 10.8 Å². The maximum atomic E-state index is 5.84. The Kier molecular flexibility index (Phi) is 3.13. The van der Waals surface area contributed by atoms with Crippen molar-refractivity contribution in [3.05, 3.63) is 23.4 Å². The number of nitrogens with one attached hydrogen (secondary N) is 1. The van der Waals surface area contributed by atoms with Crippen molar-refractivity contribution >= 4 is 11.3 Å². The largest absolute Gasteiger partial charge is 0.419 e. The number of rotatable bonds is 3. The topological polar surface area (TPSA) is 54.2 Å². The first-order valence-corrected chi connectivity index (χ1v) is 8.34. The van der Waals surface area contributed by atoms with Crippen LogP contribution in [0, 0.1) is 11.8 Å². The van der Waals surface area contributed by atoms with E-state index in [0.717, 1.165) is 48.8 Å². The van der Waals surface area contributed by atoms with Crippen LogP contribution in [0.15, 0.2) is 21.9 Å². The molecule has 6 heteroatoms. The van der Waals surface area contributed by atoms with Crippen LogP contribution >= 0.6 is 11.3 Å². The molecule has 0 saturated carbocycles. The van der Waals surface area contributed by atoms with E-state index in [1.165, 1.54) is 0 Å². The minimum Gasteiger partial charge on any atom is -0.419 e. The van der Waals surface area contributed by atoms with E-state index in [-0.39, 0.29) is 5.54 Å². The second kappa shape index (κ2) is 4.90. The molecule has 2 aliphatic heterocycles. The minimum atomic E-state index is 0.186. The molecule has 2 fully saturated rings. The Labute approximate surface area is 128 Å². The summed E-state index contributed by atoms with van der Waals surface area (Å²) in [7, 11) is 0. The molecule has 0 bridgehead atoms. The number of likely N-dealkylation sites (tertiary alicyclic amines) is 1. The second-order valence-corrected chi connectivity index (χ2v) is 7.48. The molecule has 112 valence electrons. The number of hydrogen-bond acceptors (Lipinski definition) is 6. The van der Waals surface area contributed by atoms with E-state index < -0.39 is 0 Å². The highest BCUT2D eigenvalue weighted by atomic mass is 32.1.